The Labute approximate surface area is 97.1 Å². The van der Waals surface area contributed by atoms with E-state index in [1.165, 1.54) is 0 Å². The lowest BCUT2D eigenvalue weighted by Crippen LogP contribution is -2.42. The molecule has 0 spiro atoms. The summed E-state index contributed by atoms with van der Waals surface area (Å²) in [5.41, 5.74) is 6.37. The highest BCUT2D eigenvalue weighted by Gasteiger charge is 2.29. The van der Waals surface area contributed by atoms with Crippen LogP contribution in [0.3, 0.4) is 0 Å². The Morgan fingerprint density at radius 2 is 2.00 bits per heavy atom. The van der Waals surface area contributed by atoms with Crippen LogP contribution in [0.1, 0.15) is 31.3 Å². The summed E-state index contributed by atoms with van der Waals surface area (Å²) in [5.74, 6) is 0.00463. The average molecular weight is 231 g/mol. The molecule has 0 fully saturated rings. The van der Waals surface area contributed by atoms with Crippen LogP contribution < -0.4 is 5.73 Å². The maximum Gasteiger partial charge on any atom is 0.196 e. The molecule has 4 heteroatoms. The van der Waals surface area contributed by atoms with Crippen molar-refractivity contribution >= 4 is 18.2 Å². The maximum absolute atomic E-state index is 11.9. The molecule has 0 aliphatic rings. The van der Waals surface area contributed by atoms with Gasteiger partial charge in [-0.05, 0) is 17.5 Å². The van der Waals surface area contributed by atoms with Crippen LogP contribution in [0.5, 0.6) is 0 Å². The molecule has 86 valence electrons. The normalized spacial score (nSPS) is 13.1. The van der Waals surface area contributed by atoms with E-state index < -0.39 is 6.04 Å². The van der Waals surface area contributed by atoms with Gasteiger partial charge in [-0.2, -0.15) is 0 Å². The minimum atomic E-state index is -0.448. The van der Waals surface area contributed by atoms with Crippen molar-refractivity contribution in [3.8, 4) is 0 Å². The number of aryl methyl sites for hydroxylation is 1. The van der Waals surface area contributed by atoms with Gasteiger partial charge in [-0.15, -0.1) is 12.4 Å². The third-order valence-electron chi connectivity index (χ3n) is 2.41. The molecule has 0 saturated carbocycles. The molecule has 0 saturated heterocycles. The molecular formula is C11H19ClN2O. The van der Waals surface area contributed by atoms with Gasteiger partial charge >= 0.3 is 0 Å². The van der Waals surface area contributed by atoms with E-state index in [1.54, 1.807) is 10.6 Å². The highest BCUT2D eigenvalue weighted by molar-refractivity contribution is 5.99. The number of hydrogen-bond acceptors (Lipinski definition) is 2. The average Bonchev–Trinajstić information content (AvgIpc) is 2.47. The van der Waals surface area contributed by atoms with E-state index in [9.17, 15) is 4.79 Å². The highest BCUT2D eigenvalue weighted by atomic mass is 35.5. The van der Waals surface area contributed by atoms with E-state index in [0.29, 0.717) is 5.69 Å². The van der Waals surface area contributed by atoms with Crippen LogP contribution in [0, 0.1) is 5.41 Å². The van der Waals surface area contributed by atoms with Gasteiger partial charge in [0.25, 0.3) is 0 Å². The van der Waals surface area contributed by atoms with Gasteiger partial charge in [0.05, 0.1) is 11.7 Å². The van der Waals surface area contributed by atoms with Gasteiger partial charge in [-0.1, -0.05) is 20.8 Å². The second kappa shape index (κ2) is 4.81. The fourth-order valence-corrected chi connectivity index (χ4v) is 1.27. The van der Waals surface area contributed by atoms with E-state index in [-0.39, 0.29) is 23.6 Å². The number of carbonyl (C=O) groups is 1. The molecule has 2 N–H and O–H groups in total. The van der Waals surface area contributed by atoms with Crippen molar-refractivity contribution in [2.24, 2.45) is 18.2 Å². The number of Topliss-reactive ketones (excluding diaryl/α,β-unsaturated/α-hetero) is 1. The SMILES string of the molecule is Cl.Cn1cccc1C(=O)[C@@H](N)C(C)(C)C. The van der Waals surface area contributed by atoms with E-state index >= 15 is 0 Å². The van der Waals surface area contributed by atoms with Gasteiger partial charge in [0.15, 0.2) is 5.78 Å². The molecule has 0 amide bonds. The zero-order valence-corrected chi connectivity index (χ0v) is 10.5. The molecular weight excluding hydrogens is 212 g/mol. The molecule has 1 aromatic rings. The summed E-state index contributed by atoms with van der Waals surface area (Å²) in [6, 6.07) is 3.20. The van der Waals surface area contributed by atoms with Gasteiger partial charge in [0, 0.05) is 13.2 Å². The van der Waals surface area contributed by atoms with Crippen LogP contribution in [-0.2, 0) is 7.05 Å². The number of carbonyl (C=O) groups excluding carboxylic acids is 1. The Morgan fingerprint density at radius 1 is 1.47 bits per heavy atom. The number of aromatic nitrogens is 1. The van der Waals surface area contributed by atoms with Crippen molar-refractivity contribution < 1.29 is 4.79 Å². The van der Waals surface area contributed by atoms with Crippen LogP contribution >= 0.6 is 12.4 Å². The number of nitrogens with zero attached hydrogens (tertiary/aromatic N) is 1. The van der Waals surface area contributed by atoms with Gasteiger partial charge in [0.1, 0.15) is 0 Å². The first-order chi connectivity index (χ1) is 6.34. The molecule has 0 aliphatic heterocycles. The van der Waals surface area contributed by atoms with E-state index in [0.717, 1.165) is 0 Å². The predicted octanol–water partition coefficient (Wildman–Crippen LogP) is 2.00. The fraction of sp³-hybridized carbons (Fsp3) is 0.545. The molecule has 1 atom stereocenters. The number of halogens is 1. The number of ketones is 1. The van der Waals surface area contributed by atoms with Crippen molar-refractivity contribution in [2.45, 2.75) is 26.8 Å². The monoisotopic (exact) mass is 230 g/mol. The summed E-state index contributed by atoms with van der Waals surface area (Å²) in [6.45, 7) is 5.91. The lowest BCUT2D eigenvalue weighted by Gasteiger charge is -2.25. The number of hydrogen-bond donors (Lipinski definition) is 1. The fourth-order valence-electron chi connectivity index (χ4n) is 1.27. The molecule has 0 aliphatic carbocycles. The predicted molar refractivity (Wildman–Crippen MR) is 64.4 cm³/mol. The quantitative estimate of drug-likeness (QED) is 0.791. The Balaban J connectivity index is 0.00000196. The second-order valence-corrected chi connectivity index (χ2v) is 4.71. The smallest absolute Gasteiger partial charge is 0.196 e. The molecule has 1 rings (SSSR count). The van der Waals surface area contributed by atoms with Crippen molar-refractivity contribution in [3.63, 3.8) is 0 Å². The summed E-state index contributed by atoms with van der Waals surface area (Å²) < 4.78 is 1.80. The minimum absolute atomic E-state index is 0. The molecule has 15 heavy (non-hydrogen) atoms. The van der Waals surface area contributed by atoms with Crippen molar-refractivity contribution in [2.75, 3.05) is 0 Å². The van der Waals surface area contributed by atoms with E-state index in [1.807, 2.05) is 40.1 Å². The summed E-state index contributed by atoms with van der Waals surface area (Å²) >= 11 is 0. The zero-order valence-electron chi connectivity index (χ0n) is 9.65. The maximum atomic E-state index is 11.9. The van der Waals surface area contributed by atoms with Gasteiger partial charge in [-0.3, -0.25) is 4.79 Å². The molecule has 3 nitrogen and oxygen atoms in total. The summed E-state index contributed by atoms with van der Waals surface area (Å²) in [5, 5.41) is 0. The van der Waals surface area contributed by atoms with Crippen molar-refractivity contribution in [1.82, 2.24) is 4.57 Å². The van der Waals surface area contributed by atoms with Crippen LogP contribution in [0.2, 0.25) is 0 Å². The van der Waals surface area contributed by atoms with Gasteiger partial charge in [0.2, 0.25) is 0 Å². The zero-order chi connectivity index (χ0) is 10.9. The Morgan fingerprint density at radius 3 is 2.33 bits per heavy atom. The highest BCUT2D eigenvalue weighted by Crippen LogP contribution is 2.20. The summed E-state index contributed by atoms with van der Waals surface area (Å²) in [6.07, 6.45) is 1.85. The third-order valence-corrected chi connectivity index (χ3v) is 2.41. The summed E-state index contributed by atoms with van der Waals surface area (Å²) in [4.78, 5) is 11.9. The molecule has 1 aromatic heterocycles. The number of rotatable bonds is 2. The van der Waals surface area contributed by atoms with E-state index in [2.05, 4.69) is 0 Å². The van der Waals surface area contributed by atoms with Crippen LogP contribution in [0.15, 0.2) is 18.3 Å². The number of nitrogens with two attached hydrogens (primary N) is 1. The van der Waals surface area contributed by atoms with Crippen molar-refractivity contribution in [1.29, 1.82) is 0 Å². The van der Waals surface area contributed by atoms with Crippen molar-refractivity contribution in [3.05, 3.63) is 24.0 Å². The molecule has 0 radical (unpaired) electrons. The van der Waals surface area contributed by atoms with E-state index in [4.69, 9.17) is 5.73 Å². The lowest BCUT2D eigenvalue weighted by atomic mass is 9.84. The largest absolute Gasteiger partial charge is 0.348 e. The first kappa shape index (κ1) is 14.2. The lowest BCUT2D eigenvalue weighted by molar-refractivity contribution is 0.0893. The Kier molecular flexibility index (Phi) is 4.56. The molecule has 0 unspecified atom stereocenters. The first-order valence-corrected chi connectivity index (χ1v) is 4.75. The van der Waals surface area contributed by atoms with Gasteiger partial charge < -0.3 is 10.3 Å². The standard InChI is InChI=1S/C11H18N2O.ClH/c1-11(2,3)10(12)9(14)8-6-5-7-13(8)4;/h5-7,10H,12H2,1-4H3;1H/t10-;/m1./s1. The molecule has 0 aromatic carbocycles. The Bertz CT molecular complexity index is 339. The second-order valence-electron chi connectivity index (χ2n) is 4.71. The van der Waals surface area contributed by atoms with Crippen LogP contribution in [-0.4, -0.2) is 16.4 Å². The minimum Gasteiger partial charge on any atom is -0.348 e. The topological polar surface area (TPSA) is 48.0 Å². The Hall–Kier alpha value is -0.800. The molecule has 1 heterocycles. The molecule has 0 bridgehead atoms. The van der Waals surface area contributed by atoms with Gasteiger partial charge in [-0.25, -0.2) is 0 Å². The van der Waals surface area contributed by atoms with Crippen LogP contribution in [0.25, 0.3) is 0 Å². The first-order valence-electron chi connectivity index (χ1n) is 4.75. The van der Waals surface area contributed by atoms with Crippen LogP contribution in [0.4, 0.5) is 0 Å². The summed E-state index contributed by atoms with van der Waals surface area (Å²) in [7, 11) is 1.85. The third kappa shape index (κ3) is 3.08.